The van der Waals surface area contributed by atoms with Crippen LogP contribution in [0.2, 0.25) is 0 Å². The van der Waals surface area contributed by atoms with Crippen molar-refractivity contribution in [3.05, 3.63) is 53.1 Å². The highest BCUT2D eigenvalue weighted by Gasteiger charge is 2.29. The highest BCUT2D eigenvalue weighted by Crippen LogP contribution is 2.28. The van der Waals surface area contributed by atoms with Crippen LogP contribution in [0.15, 0.2) is 35.4 Å². The van der Waals surface area contributed by atoms with Crippen LogP contribution in [0.25, 0.3) is 6.08 Å². The Balaban J connectivity index is 2.01. The van der Waals surface area contributed by atoms with Gasteiger partial charge in [0.15, 0.2) is 0 Å². The number of nitrogens with one attached hydrogen (secondary N) is 2. The molecular weight excluding hydrogens is 376 g/mol. The summed E-state index contributed by atoms with van der Waals surface area (Å²) in [5, 5.41) is 2.57. The Morgan fingerprint density at radius 3 is 2.74 bits per heavy atom. The first-order valence-corrected chi connectivity index (χ1v) is 9.73. The first-order valence-electron chi connectivity index (χ1n) is 8.25. The second kappa shape index (κ2) is 6.90. The Hall–Kier alpha value is -2.52. The first-order chi connectivity index (χ1) is 12.6. The normalized spacial score (nSPS) is 19.2. The van der Waals surface area contributed by atoms with E-state index < -0.39 is 34.0 Å². The molecule has 0 saturated heterocycles. The fraction of sp³-hybridized carbons (Fsp3) is 0.278. The number of rotatable bonds is 3. The summed E-state index contributed by atoms with van der Waals surface area (Å²) in [6.45, 7) is 2.88. The summed E-state index contributed by atoms with van der Waals surface area (Å²) in [5.74, 6) is -1.29. The summed E-state index contributed by atoms with van der Waals surface area (Å²) in [6.07, 6.45) is 3.04. The monoisotopic (exact) mass is 395 g/mol. The average molecular weight is 395 g/mol. The maximum Gasteiger partial charge on any atom is 0.272 e. The number of halogens is 2. The highest BCUT2D eigenvalue weighted by molar-refractivity contribution is 7.89. The third kappa shape index (κ3) is 3.65. The lowest BCUT2D eigenvalue weighted by atomic mass is 10.1. The molecule has 1 unspecified atom stereocenters. The topological polar surface area (TPSA) is 80.2 Å². The molecule has 1 amide bonds. The zero-order valence-electron chi connectivity index (χ0n) is 15.0. The maximum absolute atomic E-state index is 13.6. The number of carbonyl (C=O) groups excluding carboxylic acids is 1. The molecule has 1 aliphatic rings. The van der Waals surface area contributed by atoms with Gasteiger partial charge in [-0.1, -0.05) is 12.2 Å². The van der Waals surface area contributed by atoms with E-state index in [2.05, 4.69) is 10.0 Å². The van der Waals surface area contributed by atoms with Gasteiger partial charge in [-0.2, -0.15) is 0 Å². The average Bonchev–Trinajstić information content (AvgIpc) is 2.86. The molecule has 0 radical (unpaired) electrons. The molecule has 2 aromatic rings. The minimum atomic E-state index is -3.77. The molecule has 0 fully saturated rings. The molecule has 9 heteroatoms. The summed E-state index contributed by atoms with van der Waals surface area (Å²) in [7, 11) is -2.22. The summed E-state index contributed by atoms with van der Waals surface area (Å²) in [6, 6.07) is 3.18. The Labute approximate surface area is 155 Å². The summed E-state index contributed by atoms with van der Waals surface area (Å²) >= 11 is 0. The number of nitrogens with zero attached hydrogens (tertiary/aromatic N) is 1. The lowest BCUT2D eigenvalue weighted by molar-refractivity contribution is 0.101. The molecule has 2 atom stereocenters. The second-order valence-corrected chi connectivity index (χ2v) is 8.12. The highest BCUT2D eigenvalue weighted by atomic mass is 32.2. The van der Waals surface area contributed by atoms with Crippen LogP contribution >= 0.6 is 0 Å². The molecule has 1 aromatic heterocycles. The third-order valence-electron chi connectivity index (χ3n) is 4.26. The Bertz CT molecular complexity index is 1040. The lowest BCUT2D eigenvalue weighted by Crippen LogP contribution is -2.30. The number of aromatic nitrogens is 1. The van der Waals surface area contributed by atoms with Crippen LogP contribution in [0.4, 0.5) is 14.5 Å². The van der Waals surface area contributed by atoms with Crippen molar-refractivity contribution in [3.63, 3.8) is 0 Å². The fourth-order valence-electron chi connectivity index (χ4n) is 2.98. The molecule has 1 aromatic carbocycles. The van der Waals surface area contributed by atoms with E-state index in [0.29, 0.717) is 0 Å². The van der Waals surface area contributed by atoms with Crippen molar-refractivity contribution < 1.29 is 22.0 Å². The van der Waals surface area contributed by atoms with Gasteiger partial charge in [-0.15, -0.1) is 0 Å². The molecule has 27 heavy (non-hydrogen) atoms. The third-order valence-corrected chi connectivity index (χ3v) is 5.85. The second-order valence-electron chi connectivity index (χ2n) is 6.44. The summed E-state index contributed by atoms with van der Waals surface area (Å²) in [4.78, 5) is 12.8. The number of sulfonamides is 1. The van der Waals surface area contributed by atoms with Gasteiger partial charge in [-0.05, 0) is 32.0 Å². The molecule has 6 nitrogen and oxygen atoms in total. The van der Waals surface area contributed by atoms with E-state index in [4.69, 9.17) is 0 Å². The standard InChI is InChI=1S/C18H19F2N3O3S/c1-10-4-6-13-16(27(25,26)22-10)9-23(3)17(13)18(24)21-12-5-7-15(20)14(8-12)11(2)19/h4-11,22H,1-3H3,(H,21,24)/t10-,11?/m0/s1. The number of hydrogen-bond acceptors (Lipinski definition) is 3. The number of alkyl halides is 1. The quantitative estimate of drug-likeness (QED) is 0.838. The van der Waals surface area contributed by atoms with Crippen molar-refractivity contribution in [2.24, 2.45) is 7.05 Å². The SMILES string of the molecule is CC(F)c1cc(NC(=O)c2c3c(cn2C)S(=O)(=O)N[C@@H](C)C=C3)ccc1F. The lowest BCUT2D eigenvalue weighted by Gasteiger charge is -2.10. The minimum absolute atomic E-state index is 0.00655. The Kier molecular flexibility index (Phi) is 4.92. The van der Waals surface area contributed by atoms with Crippen molar-refractivity contribution in [3.8, 4) is 0 Å². The van der Waals surface area contributed by atoms with Gasteiger partial charge >= 0.3 is 0 Å². The predicted octanol–water partition coefficient (Wildman–Crippen LogP) is 3.14. The van der Waals surface area contributed by atoms with Crippen LogP contribution in [0.1, 0.15) is 41.6 Å². The first kappa shape index (κ1) is 19.2. The van der Waals surface area contributed by atoms with E-state index in [0.717, 1.165) is 6.07 Å². The number of anilines is 1. The Morgan fingerprint density at radius 2 is 2.07 bits per heavy atom. The number of carbonyl (C=O) groups is 1. The molecule has 2 heterocycles. The van der Waals surface area contributed by atoms with Crippen LogP contribution in [-0.2, 0) is 17.1 Å². The maximum atomic E-state index is 13.6. The number of aryl methyl sites for hydroxylation is 1. The van der Waals surface area contributed by atoms with Gasteiger partial charge in [0.25, 0.3) is 5.91 Å². The molecule has 0 bridgehead atoms. The molecule has 1 aliphatic heterocycles. The van der Waals surface area contributed by atoms with Crippen molar-refractivity contribution in [2.45, 2.75) is 31.0 Å². The van der Waals surface area contributed by atoms with E-state index >= 15 is 0 Å². The van der Waals surface area contributed by atoms with Crippen LogP contribution in [0, 0.1) is 5.82 Å². The van der Waals surface area contributed by atoms with Crippen LogP contribution < -0.4 is 10.0 Å². The number of benzene rings is 1. The smallest absolute Gasteiger partial charge is 0.272 e. The van der Waals surface area contributed by atoms with Gasteiger partial charge in [0.1, 0.15) is 22.6 Å². The van der Waals surface area contributed by atoms with Gasteiger partial charge in [0.05, 0.1) is 0 Å². The van der Waals surface area contributed by atoms with Gasteiger partial charge in [-0.25, -0.2) is 21.9 Å². The van der Waals surface area contributed by atoms with E-state index in [1.807, 2.05) is 0 Å². The molecule has 2 N–H and O–H groups in total. The van der Waals surface area contributed by atoms with Gasteiger partial charge in [0.2, 0.25) is 10.0 Å². The van der Waals surface area contributed by atoms with Gasteiger partial charge in [0, 0.05) is 36.1 Å². The largest absolute Gasteiger partial charge is 0.345 e. The number of amides is 1. The number of hydrogen-bond donors (Lipinski definition) is 2. The zero-order chi connectivity index (χ0) is 19.9. The van der Waals surface area contributed by atoms with Gasteiger partial charge in [-0.3, -0.25) is 4.79 Å². The number of fused-ring (bicyclic) bond motifs is 1. The molecule has 0 saturated carbocycles. The van der Waals surface area contributed by atoms with Crippen molar-refractivity contribution in [1.82, 2.24) is 9.29 Å². The van der Waals surface area contributed by atoms with Crippen LogP contribution in [0.5, 0.6) is 0 Å². The van der Waals surface area contributed by atoms with Crippen molar-refractivity contribution >= 4 is 27.7 Å². The van der Waals surface area contributed by atoms with Gasteiger partial charge < -0.3 is 9.88 Å². The van der Waals surface area contributed by atoms with Crippen molar-refractivity contribution in [1.29, 1.82) is 0 Å². The van der Waals surface area contributed by atoms with E-state index in [9.17, 15) is 22.0 Å². The van der Waals surface area contributed by atoms with Crippen LogP contribution in [0.3, 0.4) is 0 Å². The molecule has 0 spiro atoms. The molecule has 3 rings (SSSR count). The van der Waals surface area contributed by atoms with E-state index in [-0.39, 0.29) is 27.4 Å². The Morgan fingerprint density at radius 1 is 1.37 bits per heavy atom. The minimum Gasteiger partial charge on any atom is -0.345 e. The summed E-state index contributed by atoms with van der Waals surface area (Å²) < 4.78 is 55.9. The van der Waals surface area contributed by atoms with Crippen LogP contribution in [-0.4, -0.2) is 24.9 Å². The van der Waals surface area contributed by atoms with E-state index in [1.165, 1.54) is 29.8 Å². The predicted molar refractivity (Wildman–Crippen MR) is 98.1 cm³/mol. The molecule has 144 valence electrons. The van der Waals surface area contributed by atoms with E-state index in [1.54, 1.807) is 26.1 Å². The van der Waals surface area contributed by atoms with Crippen molar-refractivity contribution in [2.75, 3.05) is 5.32 Å². The summed E-state index contributed by atoms with van der Waals surface area (Å²) in [5.41, 5.74) is 0.426. The fourth-order valence-corrected chi connectivity index (χ4v) is 4.43. The molecular formula is C18H19F2N3O3S. The molecule has 0 aliphatic carbocycles. The zero-order valence-corrected chi connectivity index (χ0v) is 15.8.